The van der Waals surface area contributed by atoms with Gasteiger partial charge in [-0.1, -0.05) is 42.8 Å². The predicted molar refractivity (Wildman–Crippen MR) is 125 cm³/mol. The molecule has 0 bridgehead atoms. The van der Waals surface area contributed by atoms with Gasteiger partial charge in [-0.3, -0.25) is 9.59 Å². The SMILES string of the molecule is CC[C@@H](C)NC(=O)[C@H](C)N(Cc1cccc(C)c1)C(=O)CCc1ccc2c(c1)OCCO2. The maximum Gasteiger partial charge on any atom is 0.242 e. The van der Waals surface area contributed by atoms with Crippen LogP contribution >= 0.6 is 0 Å². The molecule has 2 atom stereocenters. The molecule has 0 saturated carbocycles. The first-order valence-corrected chi connectivity index (χ1v) is 11.4. The third kappa shape index (κ3) is 6.25. The summed E-state index contributed by atoms with van der Waals surface area (Å²) in [5, 5.41) is 3.01. The fourth-order valence-electron chi connectivity index (χ4n) is 3.69. The van der Waals surface area contributed by atoms with E-state index in [0.29, 0.717) is 32.6 Å². The number of carbonyl (C=O) groups excluding carboxylic acids is 2. The number of carbonyl (C=O) groups is 2. The zero-order valence-electron chi connectivity index (χ0n) is 19.5. The van der Waals surface area contributed by atoms with Crippen molar-refractivity contribution in [1.82, 2.24) is 10.2 Å². The summed E-state index contributed by atoms with van der Waals surface area (Å²) >= 11 is 0. The van der Waals surface area contributed by atoms with Crippen LogP contribution in [-0.4, -0.2) is 42.0 Å². The first-order chi connectivity index (χ1) is 15.4. The van der Waals surface area contributed by atoms with Crippen molar-refractivity contribution in [3.63, 3.8) is 0 Å². The fraction of sp³-hybridized carbons (Fsp3) is 0.462. The summed E-state index contributed by atoms with van der Waals surface area (Å²) in [6.45, 7) is 9.30. The molecule has 1 aliphatic rings. The van der Waals surface area contributed by atoms with E-state index in [1.807, 2.05) is 57.2 Å². The molecule has 172 valence electrons. The molecule has 3 rings (SSSR count). The van der Waals surface area contributed by atoms with Gasteiger partial charge in [0.25, 0.3) is 0 Å². The second-order valence-corrected chi connectivity index (χ2v) is 8.48. The average molecular weight is 439 g/mol. The van der Waals surface area contributed by atoms with Crippen LogP contribution in [0.3, 0.4) is 0 Å². The van der Waals surface area contributed by atoms with E-state index >= 15 is 0 Å². The van der Waals surface area contributed by atoms with Gasteiger partial charge in [0.05, 0.1) is 0 Å². The van der Waals surface area contributed by atoms with Crippen molar-refractivity contribution >= 4 is 11.8 Å². The third-order valence-corrected chi connectivity index (χ3v) is 5.84. The number of rotatable bonds is 9. The van der Waals surface area contributed by atoms with Crippen LogP contribution in [-0.2, 0) is 22.6 Å². The van der Waals surface area contributed by atoms with Crippen molar-refractivity contribution in [2.24, 2.45) is 0 Å². The molecule has 0 spiro atoms. The van der Waals surface area contributed by atoms with E-state index < -0.39 is 6.04 Å². The highest BCUT2D eigenvalue weighted by Gasteiger charge is 2.26. The lowest BCUT2D eigenvalue weighted by Gasteiger charge is -2.30. The minimum Gasteiger partial charge on any atom is -0.486 e. The molecule has 2 aromatic rings. The number of benzene rings is 2. The van der Waals surface area contributed by atoms with Gasteiger partial charge >= 0.3 is 0 Å². The molecule has 1 heterocycles. The van der Waals surface area contributed by atoms with E-state index in [2.05, 4.69) is 11.4 Å². The Balaban J connectivity index is 1.72. The largest absolute Gasteiger partial charge is 0.486 e. The molecule has 0 radical (unpaired) electrons. The Hall–Kier alpha value is -3.02. The van der Waals surface area contributed by atoms with Crippen LogP contribution < -0.4 is 14.8 Å². The van der Waals surface area contributed by atoms with Gasteiger partial charge < -0.3 is 19.7 Å². The monoisotopic (exact) mass is 438 g/mol. The minimum atomic E-state index is -0.558. The van der Waals surface area contributed by atoms with E-state index in [1.54, 1.807) is 11.8 Å². The lowest BCUT2D eigenvalue weighted by molar-refractivity contribution is -0.140. The Kier molecular flexibility index (Phi) is 8.14. The molecular formula is C26H34N2O4. The molecule has 2 amide bonds. The number of hydrogen-bond donors (Lipinski definition) is 1. The normalized spacial score (nSPS) is 14.4. The summed E-state index contributed by atoms with van der Waals surface area (Å²) in [7, 11) is 0. The summed E-state index contributed by atoms with van der Waals surface area (Å²) in [5.41, 5.74) is 3.15. The van der Waals surface area contributed by atoms with Gasteiger partial charge in [0.1, 0.15) is 19.3 Å². The van der Waals surface area contributed by atoms with Gasteiger partial charge in [-0.2, -0.15) is 0 Å². The number of ether oxygens (including phenoxy) is 2. The summed E-state index contributed by atoms with van der Waals surface area (Å²) in [5.74, 6) is 1.29. The average Bonchev–Trinajstić information content (AvgIpc) is 2.80. The highest BCUT2D eigenvalue weighted by atomic mass is 16.6. The van der Waals surface area contributed by atoms with Crippen molar-refractivity contribution in [1.29, 1.82) is 0 Å². The van der Waals surface area contributed by atoms with Gasteiger partial charge in [-0.15, -0.1) is 0 Å². The quantitative estimate of drug-likeness (QED) is 0.642. The van der Waals surface area contributed by atoms with Crippen LogP contribution in [0, 0.1) is 6.92 Å². The number of amides is 2. The molecule has 6 nitrogen and oxygen atoms in total. The topological polar surface area (TPSA) is 67.9 Å². The molecule has 0 saturated heterocycles. The van der Waals surface area contributed by atoms with Crippen molar-refractivity contribution in [2.45, 2.75) is 65.6 Å². The molecule has 0 aliphatic carbocycles. The van der Waals surface area contributed by atoms with E-state index in [-0.39, 0.29) is 17.9 Å². The Morgan fingerprint density at radius 3 is 2.50 bits per heavy atom. The molecule has 32 heavy (non-hydrogen) atoms. The number of fused-ring (bicyclic) bond motifs is 1. The maximum absolute atomic E-state index is 13.3. The fourth-order valence-corrected chi connectivity index (χ4v) is 3.69. The predicted octanol–water partition coefficient (Wildman–Crippen LogP) is 4.03. The third-order valence-electron chi connectivity index (χ3n) is 5.84. The Bertz CT molecular complexity index is 943. The second-order valence-electron chi connectivity index (χ2n) is 8.48. The van der Waals surface area contributed by atoms with Crippen LogP contribution in [0.1, 0.15) is 50.3 Å². The number of aryl methyl sites for hydroxylation is 2. The van der Waals surface area contributed by atoms with Gasteiger partial charge in [0, 0.05) is 19.0 Å². The first kappa shape index (κ1) is 23.6. The van der Waals surface area contributed by atoms with E-state index in [1.165, 1.54) is 0 Å². The van der Waals surface area contributed by atoms with Gasteiger partial charge in [-0.25, -0.2) is 0 Å². The van der Waals surface area contributed by atoms with E-state index in [9.17, 15) is 9.59 Å². The number of nitrogens with one attached hydrogen (secondary N) is 1. The standard InChI is InChI=1S/C26H34N2O4/c1-5-19(3)27-26(30)20(4)28(17-22-8-6-7-18(2)15-22)25(29)12-10-21-9-11-23-24(16-21)32-14-13-31-23/h6-9,11,15-16,19-20H,5,10,12-14,17H2,1-4H3,(H,27,30)/t19-,20+/m1/s1. The van der Waals surface area contributed by atoms with Crippen LogP contribution in [0.2, 0.25) is 0 Å². The van der Waals surface area contributed by atoms with Crippen molar-refractivity contribution in [3.8, 4) is 11.5 Å². The Morgan fingerprint density at radius 1 is 1.03 bits per heavy atom. The first-order valence-electron chi connectivity index (χ1n) is 11.4. The van der Waals surface area contributed by atoms with Crippen LogP contribution in [0.4, 0.5) is 0 Å². The molecule has 0 fully saturated rings. The molecule has 0 aromatic heterocycles. The van der Waals surface area contributed by atoms with Gasteiger partial charge in [-0.05, 0) is 56.9 Å². The molecule has 2 aromatic carbocycles. The lowest BCUT2D eigenvalue weighted by atomic mass is 10.1. The summed E-state index contributed by atoms with van der Waals surface area (Å²) < 4.78 is 11.2. The Morgan fingerprint density at radius 2 is 1.78 bits per heavy atom. The van der Waals surface area contributed by atoms with Crippen molar-refractivity contribution in [2.75, 3.05) is 13.2 Å². The summed E-state index contributed by atoms with van der Waals surface area (Å²) in [6.07, 6.45) is 1.72. The van der Waals surface area contributed by atoms with Gasteiger partial charge in [0.15, 0.2) is 11.5 Å². The minimum absolute atomic E-state index is 0.0480. The second kappa shape index (κ2) is 11.0. The van der Waals surface area contributed by atoms with Crippen molar-refractivity contribution in [3.05, 3.63) is 59.2 Å². The molecule has 1 N–H and O–H groups in total. The highest BCUT2D eigenvalue weighted by Crippen LogP contribution is 2.31. The molecule has 6 heteroatoms. The number of hydrogen-bond acceptors (Lipinski definition) is 4. The highest BCUT2D eigenvalue weighted by molar-refractivity contribution is 5.87. The molecule has 0 unspecified atom stereocenters. The molecular weight excluding hydrogens is 404 g/mol. The smallest absolute Gasteiger partial charge is 0.242 e. The van der Waals surface area contributed by atoms with Crippen LogP contribution in [0.15, 0.2) is 42.5 Å². The summed E-state index contributed by atoms with van der Waals surface area (Å²) in [4.78, 5) is 27.8. The maximum atomic E-state index is 13.3. The van der Waals surface area contributed by atoms with E-state index in [0.717, 1.165) is 34.6 Å². The summed E-state index contributed by atoms with van der Waals surface area (Å²) in [6, 6.07) is 13.4. The van der Waals surface area contributed by atoms with Crippen molar-refractivity contribution < 1.29 is 19.1 Å². The van der Waals surface area contributed by atoms with Gasteiger partial charge in [0.2, 0.25) is 11.8 Å². The zero-order valence-corrected chi connectivity index (χ0v) is 19.5. The van der Waals surface area contributed by atoms with Crippen LogP contribution in [0.25, 0.3) is 0 Å². The number of nitrogens with zero attached hydrogens (tertiary/aromatic N) is 1. The van der Waals surface area contributed by atoms with E-state index in [4.69, 9.17) is 9.47 Å². The molecule has 1 aliphatic heterocycles. The zero-order chi connectivity index (χ0) is 23.1. The Labute approximate surface area is 190 Å². The lowest BCUT2D eigenvalue weighted by Crippen LogP contribution is -2.49. The van der Waals surface area contributed by atoms with Crippen LogP contribution in [0.5, 0.6) is 11.5 Å².